The third kappa shape index (κ3) is 4.51. The number of carbonyl (C=O) groups is 2. The van der Waals surface area contributed by atoms with E-state index in [1.165, 1.54) is 12.0 Å². The van der Waals surface area contributed by atoms with Crippen molar-refractivity contribution in [3.63, 3.8) is 0 Å². The number of alkyl halides is 1. The number of esters is 1. The lowest BCUT2D eigenvalue weighted by atomic mass is 10.1. The minimum Gasteiger partial charge on any atom is -0.469 e. The summed E-state index contributed by atoms with van der Waals surface area (Å²) in [5.74, 6) is -0.614. The summed E-state index contributed by atoms with van der Waals surface area (Å²) in [5.41, 5.74) is 0. The van der Waals surface area contributed by atoms with Crippen molar-refractivity contribution in [3.05, 3.63) is 0 Å². The summed E-state index contributed by atoms with van der Waals surface area (Å²) in [5, 5.41) is 0. The highest BCUT2D eigenvalue weighted by Gasteiger charge is 2.21. The zero-order chi connectivity index (χ0) is 12.0. The molecule has 0 N–H and O–H groups in total. The summed E-state index contributed by atoms with van der Waals surface area (Å²) >= 11 is 5.58. The molecule has 0 aromatic carbocycles. The molecule has 0 saturated heterocycles. The van der Waals surface area contributed by atoms with E-state index in [1.54, 1.807) is 20.9 Å². The van der Waals surface area contributed by atoms with Crippen LogP contribution in [0.25, 0.3) is 0 Å². The average molecular weight is 236 g/mol. The Labute approximate surface area is 95.5 Å². The van der Waals surface area contributed by atoms with Crippen molar-refractivity contribution >= 4 is 23.5 Å². The third-order valence-electron chi connectivity index (χ3n) is 2.18. The second-order valence-corrected chi connectivity index (χ2v) is 4.01. The van der Waals surface area contributed by atoms with E-state index in [4.69, 9.17) is 11.6 Å². The third-order valence-corrected chi connectivity index (χ3v) is 2.64. The van der Waals surface area contributed by atoms with E-state index >= 15 is 0 Å². The lowest BCUT2D eigenvalue weighted by molar-refractivity contribution is -0.146. The van der Waals surface area contributed by atoms with Gasteiger partial charge in [-0.2, -0.15) is 0 Å². The molecule has 0 aliphatic rings. The van der Waals surface area contributed by atoms with E-state index in [-0.39, 0.29) is 29.6 Å². The Hall–Kier alpha value is -0.770. The molecule has 0 aliphatic heterocycles. The Morgan fingerprint density at radius 2 is 1.87 bits per heavy atom. The van der Waals surface area contributed by atoms with Gasteiger partial charge in [-0.05, 0) is 0 Å². The van der Waals surface area contributed by atoms with Crippen molar-refractivity contribution in [1.82, 2.24) is 4.90 Å². The van der Waals surface area contributed by atoms with Crippen LogP contribution in [-0.2, 0) is 14.3 Å². The highest BCUT2D eigenvalue weighted by Crippen LogP contribution is 2.06. The van der Waals surface area contributed by atoms with E-state index in [9.17, 15) is 9.59 Å². The molecule has 0 aliphatic carbocycles. The van der Waals surface area contributed by atoms with E-state index < -0.39 is 0 Å². The number of carbonyl (C=O) groups excluding carboxylic acids is 2. The molecule has 0 saturated carbocycles. The lowest BCUT2D eigenvalue weighted by Gasteiger charge is -2.22. The monoisotopic (exact) mass is 235 g/mol. The molecule has 0 aromatic heterocycles. The van der Waals surface area contributed by atoms with Crippen molar-refractivity contribution in [2.24, 2.45) is 11.8 Å². The smallest absolute Gasteiger partial charge is 0.310 e. The van der Waals surface area contributed by atoms with Gasteiger partial charge in [0.2, 0.25) is 5.91 Å². The van der Waals surface area contributed by atoms with Crippen LogP contribution in [0.1, 0.15) is 13.8 Å². The number of amides is 1. The molecule has 0 bridgehead atoms. The second-order valence-electron chi connectivity index (χ2n) is 3.70. The van der Waals surface area contributed by atoms with Crippen LogP contribution in [-0.4, -0.2) is 43.4 Å². The number of rotatable bonds is 5. The van der Waals surface area contributed by atoms with Gasteiger partial charge in [0, 0.05) is 25.4 Å². The van der Waals surface area contributed by atoms with Crippen LogP contribution in [0.15, 0.2) is 0 Å². The Bertz CT molecular complexity index is 233. The van der Waals surface area contributed by atoms with Gasteiger partial charge in [-0.15, -0.1) is 11.6 Å². The summed E-state index contributed by atoms with van der Waals surface area (Å²) in [6.45, 7) is 3.84. The molecular weight excluding hydrogens is 218 g/mol. The van der Waals surface area contributed by atoms with Gasteiger partial charge in [0.1, 0.15) is 0 Å². The Morgan fingerprint density at radius 1 is 1.33 bits per heavy atom. The van der Waals surface area contributed by atoms with E-state index in [2.05, 4.69) is 4.74 Å². The first-order valence-electron chi connectivity index (χ1n) is 4.82. The van der Waals surface area contributed by atoms with Crippen LogP contribution in [0.4, 0.5) is 0 Å². The number of halogens is 1. The van der Waals surface area contributed by atoms with Crippen molar-refractivity contribution < 1.29 is 14.3 Å². The Morgan fingerprint density at radius 3 is 2.27 bits per heavy atom. The molecule has 0 rings (SSSR count). The number of methoxy groups -OCH3 is 1. The van der Waals surface area contributed by atoms with Crippen LogP contribution in [0.3, 0.4) is 0 Å². The first kappa shape index (κ1) is 14.2. The fourth-order valence-corrected chi connectivity index (χ4v) is 1.35. The molecule has 1 amide bonds. The Kier molecular flexibility index (Phi) is 6.32. The lowest BCUT2D eigenvalue weighted by Crippen LogP contribution is -2.37. The van der Waals surface area contributed by atoms with E-state index in [0.29, 0.717) is 6.54 Å². The van der Waals surface area contributed by atoms with Gasteiger partial charge in [-0.1, -0.05) is 13.8 Å². The standard InChI is InChI=1S/C10H18ClNO3/c1-7(5-11)9(13)12(3)6-8(2)10(14)15-4/h7-8H,5-6H2,1-4H3. The number of ether oxygens (including phenoxy) is 1. The fourth-order valence-electron chi connectivity index (χ4n) is 1.22. The van der Waals surface area contributed by atoms with Gasteiger partial charge in [-0.3, -0.25) is 9.59 Å². The molecule has 0 fully saturated rings. The normalized spacial score (nSPS) is 14.2. The molecule has 0 aromatic rings. The molecule has 2 unspecified atom stereocenters. The van der Waals surface area contributed by atoms with Gasteiger partial charge in [0.05, 0.1) is 13.0 Å². The minimum absolute atomic E-state index is 0.0549. The molecule has 5 heteroatoms. The summed E-state index contributed by atoms with van der Waals surface area (Å²) in [7, 11) is 2.99. The fraction of sp³-hybridized carbons (Fsp3) is 0.800. The molecule has 0 spiro atoms. The predicted octanol–water partition coefficient (Wildman–Crippen LogP) is 1.13. The van der Waals surface area contributed by atoms with E-state index in [1.807, 2.05) is 0 Å². The molecule has 2 atom stereocenters. The largest absolute Gasteiger partial charge is 0.469 e. The SMILES string of the molecule is COC(=O)C(C)CN(C)C(=O)C(C)CCl. The highest BCUT2D eigenvalue weighted by atomic mass is 35.5. The molecule has 88 valence electrons. The number of hydrogen-bond acceptors (Lipinski definition) is 3. The van der Waals surface area contributed by atoms with Crippen LogP contribution in [0.5, 0.6) is 0 Å². The topological polar surface area (TPSA) is 46.6 Å². The number of hydrogen-bond donors (Lipinski definition) is 0. The summed E-state index contributed by atoms with van der Waals surface area (Å²) in [4.78, 5) is 24.2. The molecular formula is C10H18ClNO3. The van der Waals surface area contributed by atoms with Crippen LogP contribution < -0.4 is 0 Å². The predicted molar refractivity (Wildman–Crippen MR) is 58.7 cm³/mol. The van der Waals surface area contributed by atoms with Crippen molar-refractivity contribution in [3.8, 4) is 0 Å². The van der Waals surface area contributed by atoms with E-state index in [0.717, 1.165) is 0 Å². The van der Waals surface area contributed by atoms with Crippen LogP contribution in [0, 0.1) is 11.8 Å². The molecule has 15 heavy (non-hydrogen) atoms. The zero-order valence-corrected chi connectivity index (χ0v) is 10.4. The summed E-state index contributed by atoms with van der Waals surface area (Å²) in [6.07, 6.45) is 0. The maximum Gasteiger partial charge on any atom is 0.310 e. The highest BCUT2D eigenvalue weighted by molar-refractivity contribution is 6.19. The van der Waals surface area contributed by atoms with Gasteiger partial charge in [0.25, 0.3) is 0 Å². The van der Waals surface area contributed by atoms with Crippen LogP contribution >= 0.6 is 11.6 Å². The maximum absolute atomic E-state index is 11.6. The second kappa shape index (κ2) is 6.67. The van der Waals surface area contributed by atoms with Crippen LogP contribution in [0.2, 0.25) is 0 Å². The Balaban J connectivity index is 4.18. The quantitative estimate of drug-likeness (QED) is 0.530. The molecule has 0 radical (unpaired) electrons. The van der Waals surface area contributed by atoms with Crippen molar-refractivity contribution in [1.29, 1.82) is 0 Å². The van der Waals surface area contributed by atoms with Gasteiger partial charge >= 0.3 is 5.97 Å². The van der Waals surface area contributed by atoms with Gasteiger partial charge in [-0.25, -0.2) is 0 Å². The van der Waals surface area contributed by atoms with Crippen molar-refractivity contribution in [2.45, 2.75) is 13.8 Å². The maximum atomic E-state index is 11.6. The summed E-state index contributed by atoms with van der Waals surface area (Å²) < 4.78 is 4.58. The average Bonchev–Trinajstić information content (AvgIpc) is 2.25. The number of nitrogens with zero attached hydrogens (tertiary/aromatic N) is 1. The first-order chi connectivity index (χ1) is 6.93. The minimum atomic E-state index is -0.313. The zero-order valence-electron chi connectivity index (χ0n) is 9.62. The van der Waals surface area contributed by atoms with Gasteiger partial charge < -0.3 is 9.64 Å². The summed E-state index contributed by atoms with van der Waals surface area (Å²) in [6, 6.07) is 0. The first-order valence-corrected chi connectivity index (χ1v) is 5.36. The van der Waals surface area contributed by atoms with Crippen molar-refractivity contribution in [2.75, 3.05) is 26.6 Å². The molecule has 4 nitrogen and oxygen atoms in total. The molecule has 0 heterocycles. The van der Waals surface area contributed by atoms with Gasteiger partial charge in [0.15, 0.2) is 0 Å².